The van der Waals surface area contributed by atoms with Gasteiger partial charge in [-0.05, 0) is 12.1 Å². The third-order valence-corrected chi connectivity index (χ3v) is 2.09. The number of hydrogen-bond donors (Lipinski definition) is 1. The highest BCUT2D eigenvalue weighted by Crippen LogP contribution is 2.34. The summed E-state index contributed by atoms with van der Waals surface area (Å²) in [5, 5.41) is -0.498. The lowest BCUT2D eigenvalue weighted by Crippen LogP contribution is -2.14. The SMILES string of the molecule is NCC(=O)c1ccc(C(F)(F)F)c(Cl)c1. The summed E-state index contributed by atoms with van der Waals surface area (Å²) in [7, 11) is 0. The third-order valence-electron chi connectivity index (χ3n) is 1.78. The number of carbonyl (C=O) groups is 1. The van der Waals surface area contributed by atoms with Crippen LogP contribution in [0.25, 0.3) is 0 Å². The molecule has 0 saturated carbocycles. The molecule has 0 saturated heterocycles. The molecule has 0 spiro atoms. The Bertz CT molecular complexity index is 389. The van der Waals surface area contributed by atoms with Crippen LogP contribution in [-0.4, -0.2) is 12.3 Å². The molecule has 1 aromatic rings. The molecule has 0 aliphatic heterocycles. The summed E-state index contributed by atoms with van der Waals surface area (Å²) in [5.41, 5.74) is 4.18. The summed E-state index contributed by atoms with van der Waals surface area (Å²) in [6, 6.07) is 2.80. The molecule has 0 amide bonds. The third kappa shape index (κ3) is 2.70. The van der Waals surface area contributed by atoms with Crippen LogP contribution in [0.5, 0.6) is 0 Å². The number of halogens is 4. The van der Waals surface area contributed by atoms with Gasteiger partial charge in [0.15, 0.2) is 5.78 Å². The largest absolute Gasteiger partial charge is 0.417 e. The summed E-state index contributed by atoms with van der Waals surface area (Å²) in [6.07, 6.45) is -4.51. The van der Waals surface area contributed by atoms with Crippen LogP contribution >= 0.6 is 11.6 Å². The molecule has 82 valence electrons. The van der Waals surface area contributed by atoms with E-state index in [-0.39, 0.29) is 12.1 Å². The lowest BCUT2D eigenvalue weighted by molar-refractivity contribution is -0.137. The number of carbonyl (C=O) groups excluding carboxylic acids is 1. The van der Waals surface area contributed by atoms with E-state index in [2.05, 4.69) is 0 Å². The van der Waals surface area contributed by atoms with Gasteiger partial charge in [-0.2, -0.15) is 13.2 Å². The lowest BCUT2D eigenvalue weighted by atomic mass is 10.1. The summed E-state index contributed by atoms with van der Waals surface area (Å²) in [6.45, 7) is -0.262. The van der Waals surface area contributed by atoms with Crippen molar-refractivity contribution in [1.82, 2.24) is 0 Å². The van der Waals surface area contributed by atoms with E-state index in [0.717, 1.165) is 18.2 Å². The van der Waals surface area contributed by atoms with Gasteiger partial charge < -0.3 is 5.73 Å². The molecule has 0 bridgehead atoms. The molecule has 0 unspecified atom stereocenters. The quantitative estimate of drug-likeness (QED) is 0.803. The van der Waals surface area contributed by atoms with Crippen LogP contribution in [-0.2, 0) is 6.18 Å². The average Bonchev–Trinajstić information content (AvgIpc) is 2.14. The van der Waals surface area contributed by atoms with Crippen molar-refractivity contribution in [3.8, 4) is 0 Å². The minimum Gasteiger partial charge on any atom is -0.324 e. The Balaban J connectivity index is 3.15. The molecule has 1 rings (SSSR count). The van der Waals surface area contributed by atoms with Crippen molar-refractivity contribution in [3.63, 3.8) is 0 Å². The molecule has 0 atom stereocenters. The predicted molar refractivity (Wildman–Crippen MR) is 49.8 cm³/mol. The first kappa shape index (κ1) is 12.0. The highest BCUT2D eigenvalue weighted by molar-refractivity contribution is 6.31. The van der Waals surface area contributed by atoms with Gasteiger partial charge in [0.25, 0.3) is 0 Å². The van der Waals surface area contributed by atoms with Crippen molar-refractivity contribution in [1.29, 1.82) is 0 Å². The summed E-state index contributed by atoms with van der Waals surface area (Å²) >= 11 is 5.40. The molecule has 0 aliphatic carbocycles. The normalized spacial score (nSPS) is 11.5. The maximum Gasteiger partial charge on any atom is 0.417 e. The number of Topliss-reactive ketones (excluding diaryl/α,β-unsaturated/α-hetero) is 1. The smallest absolute Gasteiger partial charge is 0.324 e. The van der Waals surface area contributed by atoms with Crippen LogP contribution in [0.4, 0.5) is 13.2 Å². The van der Waals surface area contributed by atoms with Crippen molar-refractivity contribution < 1.29 is 18.0 Å². The minimum absolute atomic E-state index is 0.0792. The van der Waals surface area contributed by atoms with Crippen molar-refractivity contribution in [2.24, 2.45) is 5.73 Å². The second kappa shape index (κ2) is 4.20. The Hall–Kier alpha value is -1.07. The highest BCUT2D eigenvalue weighted by Gasteiger charge is 2.33. The van der Waals surface area contributed by atoms with E-state index in [0.29, 0.717) is 0 Å². The lowest BCUT2D eigenvalue weighted by Gasteiger charge is -2.09. The first-order valence-corrected chi connectivity index (χ1v) is 4.34. The van der Waals surface area contributed by atoms with Gasteiger partial charge in [-0.15, -0.1) is 0 Å². The van der Waals surface area contributed by atoms with Gasteiger partial charge in [0.05, 0.1) is 17.1 Å². The Kier molecular flexibility index (Phi) is 3.36. The highest BCUT2D eigenvalue weighted by atomic mass is 35.5. The Morgan fingerprint density at radius 2 is 2.00 bits per heavy atom. The Labute approximate surface area is 88.8 Å². The molecule has 0 heterocycles. The number of hydrogen-bond acceptors (Lipinski definition) is 2. The minimum atomic E-state index is -4.51. The first-order valence-electron chi connectivity index (χ1n) is 3.96. The number of nitrogens with two attached hydrogens (primary N) is 1. The van der Waals surface area contributed by atoms with Gasteiger partial charge >= 0.3 is 6.18 Å². The van der Waals surface area contributed by atoms with Crippen molar-refractivity contribution in [3.05, 3.63) is 34.3 Å². The van der Waals surface area contributed by atoms with Crippen LogP contribution < -0.4 is 5.73 Å². The van der Waals surface area contributed by atoms with E-state index in [9.17, 15) is 18.0 Å². The second-order valence-corrected chi connectivity index (χ2v) is 3.23. The number of rotatable bonds is 2. The van der Waals surface area contributed by atoms with Gasteiger partial charge in [-0.1, -0.05) is 17.7 Å². The molecule has 2 N–H and O–H groups in total. The van der Waals surface area contributed by atoms with Crippen molar-refractivity contribution >= 4 is 17.4 Å². The number of benzene rings is 1. The fraction of sp³-hybridized carbons (Fsp3) is 0.222. The number of ketones is 1. The standard InChI is InChI=1S/C9H7ClF3NO/c10-7-3-5(8(15)4-14)1-2-6(7)9(11,12)13/h1-3H,4,14H2. The number of alkyl halides is 3. The Morgan fingerprint density at radius 1 is 1.40 bits per heavy atom. The fourth-order valence-electron chi connectivity index (χ4n) is 1.04. The molecule has 0 aromatic heterocycles. The second-order valence-electron chi connectivity index (χ2n) is 2.82. The molecule has 0 aliphatic rings. The maximum absolute atomic E-state index is 12.3. The summed E-state index contributed by atoms with van der Waals surface area (Å²) in [4.78, 5) is 11.1. The van der Waals surface area contributed by atoms with Crippen LogP contribution in [0.15, 0.2) is 18.2 Å². The topological polar surface area (TPSA) is 43.1 Å². The van der Waals surface area contributed by atoms with E-state index >= 15 is 0 Å². The summed E-state index contributed by atoms with van der Waals surface area (Å²) in [5.74, 6) is -0.453. The van der Waals surface area contributed by atoms with Gasteiger partial charge in [0.1, 0.15) is 0 Å². The molecule has 0 radical (unpaired) electrons. The van der Waals surface area contributed by atoms with Crippen LogP contribution in [0.1, 0.15) is 15.9 Å². The molecular formula is C9H7ClF3NO. The molecule has 15 heavy (non-hydrogen) atoms. The van der Waals surface area contributed by atoms with E-state index < -0.39 is 22.5 Å². The molecular weight excluding hydrogens is 231 g/mol. The maximum atomic E-state index is 12.3. The zero-order valence-corrected chi connectivity index (χ0v) is 8.19. The van der Waals surface area contributed by atoms with Crippen molar-refractivity contribution in [2.45, 2.75) is 6.18 Å². The van der Waals surface area contributed by atoms with Gasteiger partial charge in [0.2, 0.25) is 0 Å². The van der Waals surface area contributed by atoms with Crippen molar-refractivity contribution in [2.75, 3.05) is 6.54 Å². The fourth-order valence-corrected chi connectivity index (χ4v) is 1.32. The average molecular weight is 238 g/mol. The predicted octanol–water partition coefficient (Wildman–Crippen LogP) is 2.50. The van der Waals surface area contributed by atoms with Gasteiger partial charge in [-0.25, -0.2) is 0 Å². The molecule has 1 aromatic carbocycles. The molecule has 2 nitrogen and oxygen atoms in total. The van der Waals surface area contributed by atoms with E-state index in [1.54, 1.807) is 0 Å². The van der Waals surface area contributed by atoms with Crippen LogP contribution in [0, 0.1) is 0 Å². The van der Waals surface area contributed by atoms with E-state index in [1.807, 2.05) is 0 Å². The zero-order valence-electron chi connectivity index (χ0n) is 7.44. The van der Waals surface area contributed by atoms with Gasteiger partial charge in [-0.3, -0.25) is 4.79 Å². The zero-order chi connectivity index (χ0) is 11.6. The van der Waals surface area contributed by atoms with Crippen LogP contribution in [0.3, 0.4) is 0 Å². The first-order chi connectivity index (χ1) is 6.86. The Morgan fingerprint density at radius 3 is 2.40 bits per heavy atom. The summed E-state index contributed by atoms with van der Waals surface area (Å²) < 4.78 is 36.8. The van der Waals surface area contributed by atoms with Gasteiger partial charge in [0, 0.05) is 5.56 Å². The van der Waals surface area contributed by atoms with E-state index in [4.69, 9.17) is 17.3 Å². The van der Waals surface area contributed by atoms with Crippen LogP contribution in [0.2, 0.25) is 5.02 Å². The molecule has 0 fully saturated rings. The monoisotopic (exact) mass is 237 g/mol. The van der Waals surface area contributed by atoms with E-state index in [1.165, 1.54) is 0 Å². The molecule has 6 heteroatoms.